The lowest BCUT2D eigenvalue weighted by Gasteiger charge is -2.22. The molecule has 40 heavy (non-hydrogen) atoms. The number of anilines is 1. The molecular weight excluding hydrogens is 524 g/mol. The molecule has 2 aromatic carbocycles. The van der Waals surface area contributed by atoms with Gasteiger partial charge in [0.15, 0.2) is 0 Å². The smallest absolute Gasteiger partial charge is 0.325 e. The Hall–Kier alpha value is -4.52. The first-order valence-corrected chi connectivity index (χ1v) is 14.2. The zero-order valence-electron chi connectivity index (χ0n) is 22.4. The number of ether oxygens (including phenoxy) is 1. The molecule has 4 rings (SSSR count). The van der Waals surface area contributed by atoms with Gasteiger partial charge in [0.1, 0.15) is 17.3 Å². The van der Waals surface area contributed by atoms with Gasteiger partial charge in [-0.2, -0.15) is 4.31 Å². The van der Waals surface area contributed by atoms with E-state index in [4.69, 9.17) is 4.74 Å². The molecule has 204 valence electrons. The average Bonchev–Trinajstić information content (AvgIpc) is 2.97. The van der Waals surface area contributed by atoms with Gasteiger partial charge in [-0.05, 0) is 66.9 Å². The second-order valence-electron chi connectivity index (χ2n) is 8.79. The number of esters is 1. The van der Waals surface area contributed by atoms with Crippen molar-refractivity contribution in [2.24, 2.45) is 0 Å². The Morgan fingerprint density at radius 2 is 1.77 bits per heavy atom. The van der Waals surface area contributed by atoms with Crippen LogP contribution >= 0.6 is 0 Å². The molecule has 4 aromatic rings. The van der Waals surface area contributed by atoms with Crippen LogP contribution in [0.2, 0.25) is 0 Å². The number of nitrogens with one attached hydrogen (secondary N) is 1. The van der Waals surface area contributed by atoms with E-state index in [2.05, 4.69) is 27.1 Å². The largest absolute Gasteiger partial charge is 0.465 e. The van der Waals surface area contributed by atoms with Crippen LogP contribution in [0.1, 0.15) is 30.7 Å². The zero-order valence-corrected chi connectivity index (χ0v) is 23.2. The number of hydrogen-bond acceptors (Lipinski definition) is 7. The Kier molecular flexibility index (Phi) is 9.62. The molecule has 2 heterocycles. The summed E-state index contributed by atoms with van der Waals surface area (Å²) in [6.45, 7) is 3.94. The van der Waals surface area contributed by atoms with Crippen LogP contribution in [0, 0.1) is 11.8 Å². The van der Waals surface area contributed by atoms with E-state index in [0.29, 0.717) is 11.5 Å². The summed E-state index contributed by atoms with van der Waals surface area (Å²) in [4.78, 5) is 20.3. The predicted octanol–water partition coefficient (Wildman–Crippen LogP) is 4.88. The highest BCUT2D eigenvalue weighted by atomic mass is 32.2. The summed E-state index contributed by atoms with van der Waals surface area (Å²) in [6.07, 6.45) is 2.87. The second kappa shape index (κ2) is 13.5. The van der Waals surface area contributed by atoms with E-state index >= 15 is 0 Å². The minimum atomic E-state index is -3.90. The third-order valence-corrected chi connectivity index (χ3v) is 7.69. The van der Waals surface area contributed by atoms with Gasteiger partial charge < -0.3 is 10.1 Å². The van der Waals surface area contributed by atoms with Crippen LogP contribution in [-0.4, -0.2) is 41.8 Å². The van der Waals surface area contributed by atoms with E-state index in [1.165, 1.54) is 22.8 Å². The van der Waals surface area contributed by atoms with Gasteiger partial charge in [-0.3, -0.25) is 9.78 Å². The topological polar surface area (TPSA) is 101 Å². The van der Waals surface area contributed by atoms with E-state index in [1.807, 2.05) is 48.5 Å². The quantitative estimate of drug-likeness (QED) is 0.208. The molecule has 8 nitrogen and oxygen atoms in total. The van der Waals surface area contributed by atoms with Crippen LogP contribution in [-0.2, 0) is 32.6 Å². The van der Waals surface area contributed by atoms with Crippen molar-refractivity contribution < 1.29 is 17.9 Å². The van der Waals surface area contributed by atoms with Crippen LogP contribution in [0.4, 0.5) is 5.82 Å². The molecule has 0 atom stereocenters. The molecule has 0 bridgehead atoms. The number of sulfonamides is 1. The molecule has 0 saturated carbocycles. The number of nitrogens with zero attached hydrogens (tertiary/aromatic N) is 3. The van der Waals surface area contributed by atoms with Crippen LogP contribution in [0.25, 0.3) is 11.1 Å². The molecule has 2 aromatic heterocycles. The van der Waals surface area contributed by atoms with Crippen LogP contribution in [0.3, 0.4) is 0 Å². The molecule has 1 N–H and O–H groups in total. The number of aromatic nitrogens is 2. The van der Waals surface area contributed by atoms with Crippen LogP contribution in [0.15, 0.2) is 96.2 Å². The van der Waals surface area contributed by atoms with Crippen LogP contribution in [0.5, 0.6) is 0 Å². The lowest BCUT2D eigenvalue weighted by molar-refractivity contribution is -0.140. The molecule has 0 aliphatic rings. The van der Waals surface area contributed by atoms with Gasteiger partial charge in [0.05, 0.1) is 18.8 Å². The average molecular weight is 555 g/mol. The van der Waals surface area contributed by atoms with Gasteiger partial charge in [0.25, 0.3) is 0 Å². The third kappa shape index (κ3) is 7.53. The maximum absolute atomic E-state index is 13.7. The van der Waals surface area contributed by atoms with Crippen molar-refractivity contribution >= 4 is 21.8 Å². The van der Waals surface area contributed by atoms with E-state index in [9.17, 15) is 13.2 Å². The lowest BCUT2D eigenvalue weighted by atomic mass is 10.0. The van der Waals surface area contributed by atoms with Gasteiger partial charge in [0, 0.05) is 24.5 Å². The number of benzene rings is 2. The van der Waals surface area contributed by atoms with Gasteiger partial charge >= 0.3 is 5.97 Å². The SMILES string of the molecule is CC#Cc1cccc(-c2ccc(CN(Cc3cccc(NCC(=O)OCC)n3)S(=O)(=O)c3cccnc3)cc2)c1. The number of hydrogen-bond donors (Lipinski definition) is 1. The van der Waals surface area contributed by atoms with E-state index in [0.717, 1.165) is 22.3 Å². The van der Waals surface area contributed by atoms with Gasteiger partial charge in [-0.15, -0.1) is 5.92 Å². The van der Waals surface area contributed by atoms with Crippen molar-refractivity contribution in [2.45, 2.75) is 31.8 Å². The molecule has 0 spiro atoms. The fourth-order valence-electron chi connectivity index (χ4n) is 4.02. The highest BCUT2D eigenvalue weighted by molar-refractivity contribution is 7.89. The number of rotatable bonds is 11. The molecule has 0 fully saturated rings. The Balaban J connectivity index is 1.58. The predicted molar refractivity (Wildman–Crippen MR) is 154 cm³/mol. The first kappa shape index (κ1) is 28.5. The van der Waals surface area contributed by atoms with Crippen molar-refractivity contribution in [3.8, 4) is 23.0 Å². The Bertz CT molecular complexity index is 1610. The summed E-state index contributed by atoms with van der Waals surface area (Å²) in [5, 5.41) is 2.92. The Morgan fingerprint density at radius 3 is 2.50 bits per heavy atom. The molecule has 0 aliphatic heterocycles. The van der Waals surface area contributed by atoms with Crippen molar-refractivity contribution in [3.05, 3.63) is 108 Å². The standard InChI is InChI=1S/C31H30N4O4S/c1-3-8-24-9-5-10-27(19-24)26-16-14-25(15-17-26)22-35(40(37,38)29-12-7-18-32-20-29)23-28-11-6-13-30(34-28)33-21-31(36)39-4-2/h5-7,9-20H,4,21-23H2,1-2H3,(H,33,34). The van der Waals surface area contributed by atoms with Crippen LogP contribution < -0.4 is 5.32 Å². The van der Waals surface area contributed by atoms with Gasteiger partial charge in [-0.1, -0.05) is 48.4 Å². The number of pyridine rings is 2. The summed E-state index contributed by atoms with van der Waals surface area (Å²) >= 11 is 0. The van der Waals surface area contributed by atoms with Crippen molar-refractivity contribution in [1.29, 1.82) is 0 Å². The normalized spacial score (nSPS) is 11.0. The fraction of sp³-hybridized carbons (Fsp3) is 0.194. The highest BCUT2D eigenvalue weighted by Crippen LogP contribution is 2.24. The molecule has 0 saturated heterocycles. The maximum Gasteiger partial charge on any atom is 0.325 e. The van der Waals surface area contributed by atoms with Crippen molar-refractivity contribution in [2.75, 3.05) is 18.5 Å². The number of carbonyl (C=O) groups excluding carboxylic acids is 1. The highest BCUT2D eigenvalue weighted by Gasteiger charge is 2.26. The summed E-state index contributed by atoms with van der Waals surface area (Å²) in [5.41, 5.74) is 4.31. The summed E-state index contributed by atoms with van der Waals surface area (Å²) in [5.74, 6) is 6.04. The van der Waals surface area contributed by atoms with E-state index in [-0.39, 0.29) is 31.1 Å². The molecule has 0 radical (unpaired) electrons. The molecule has 9 heteroatoms. The van der Waals surface area contributed by atoms with E-state index in [1.54, 1.807) is 38.1 Å². The monoisotopic (exact) mass is 554 g/mol. The third-order valence-electron chi connectivity index (χ3n) is 5.91. The number of carbonyl (C=O) groups is 1. The minimum Gasteiger partial charge on any atom is -0.465 e. The van der Waals surface area contributed by atoms with Crippen molar-refractivity contribution in [3.63, 3.8) is 0 Å². The lowest BCUT2D eigenvalue weighted by Crippen LogP contribution is -2.30. The first-order valence-electron chi connectivity index (χ1n) is 12.8. The Morgan fingerprint density at radius 1 is 0.975 bits per heavy atom. The zero-order chi connectivity index (χ0) is 28.4. The van der Waals surface area contributed by atoms with Crippen molar-refractivity contribution in [1.82, 2.24) is 14.3 Å². The second-order valence-corrected chi connectivity index (χ2v) is 10.7. The van der Waals surface area contributed by atoms with Gasteiger partial charge in [-0.25, -0.2) is 13.4 Å². The molecule has 0 aliphatic carbocycles. The minimum absolute atomic E-state index is 0.0195. The fourth-order valence-corrected chi connectivity index (χ4v) is 5.39. The summed E-state index contributed by atoms with van der Waals surface area (Å²) < 4.78 is 33.6. The maximum atomic E-state index is 13.7. The van der Waals surface area contributed by atoms with E-state index < -0.39 is 16.0 Å². The molecule has 0 amide bonds. The molecular formula is C31H30N4O4S. The Labute approximate surface area is 235 Å². The summed E-state index contributed by atoms with van der Waals surface area (Å²) in [7, 11) is -3.90. The molecule has 0 unspecified atom stereocenters. The van der Waals surface area contributed by atoms with Gasteiger partial charge in [0.2, 0.25) is 10.0 Å². The first-order chi connectivity index (χ1) is 19.4. The summed E-state index contributed by atoms with van der Waals surface area (Å²) in [6, 6.07) is 24.1.